The van der Waals surface area contributed by atoms with E-state index in [-0.39, 0.29) is 5.91 Å². The number of carbonyl (C=O) groups is 1. The summed E-state index contributed by atoms with van der Waals surface area (Å²) in [6.45, 7) is 0.634. The molecule has 0 bridgehead atoms. The van der Waals surface area contributed by atoms with Crippen LogP contribution in [0.15, 0.2) is 34.9 Å². The van der Waals surface area contributed by atoms with E-state index in [0.29, 0.717) is 13.0 Å². The predicted octanol–water partition coefficient (Wildman–Crippen LogP) is 2.28. The van der Waals surface area contributed by atoms with Crippen LogP contribution in [0.4, 0.5) is 0 Å². The number of hydrogen-bond donors (Lipinski definition) is 1. The quantitative estimate of drug-likeness (QED) is 0.911. The minimum absolute atomic E-state index is 0.271. The van der Waals surface area contributed by atoms with Gasteiger partial charge >= 0.3 is 0 Å². The number of fused-ring (bicyclic) bond motifs is 1. The van der Waals surface area contributed by atoms with E-state index in [0.717, 1.165) is 9.99 Å². The van der Waals surface area contributed by atoms with Crippen molar-refractivity contribution in [1.29, 1.82) is 0 Å². The van der Waals surface area contributed by atoms with Gasteiger partial charge in [0.1, 0.15) is 0 Å². The Kier molecular flexibility index (Phi) is 2.77. The molecule has 2 rings (SSSR count). The van der Waals surface area contributed by atoms with Crippen molar-refractivity contribution in [3.05, 3.63) is 34.9 Å². The number of rotatable bonds is 3. The Morgan fingerprint density at radius 2 is 2.20 bits per heavy atom. The highest BCUT2D eigenvalue weighted by molar-refractivity contribution is 9.10. The number of halogens is 1. The Bertz CT molecular complexity index is 504. The maximum Gasteiger partial charge on any atom is 0.219 e. The van der Waals surface area contributed by atoms with Crippen LogP contribution in [0.2, 0.25) is 0 Å². The number of hydrogen-bond acceptors (Lipinski definition) is 1. The van der Waals surface area contributed by atoms with Gasteiger partial charge in [0.15, 0.2) is 0 Å². The zero-order chi connectivity index (χ0) is 10.8. The van der Waals surface area contributed by atoms with E-state index in [2.05, 4.69) is 15.9 Å². The molecule has 2 N–H and O–H groups in total. The van der Waals surface area contributed by atoms with Gasteiger partial charge in [0.2, 0.25) is 5.91 Å². The second-order valence-corrected chi connectivity index (χ2v) is 4.34. The molecule has 15 heavy (non-hydrogen) atoms. The lowest BCUT2D eigenvalue weighted by atomic mass is 10.2. The maximum absolute atomic E-state index is 10.7. The highest BCUT2D eigenvalue weighted by atomic mass is 79.9. The molecule has 0 radical (unpaired) electrons. The third-order valence-electron chi connectivity index (χ3n) is 2.34. The number of carbonyl (C=O) groups excluding carboxylic acids is 1. The molecule has 0 saturated heterocycles. The van der Waals surface area contributed by atoms with Gasteiger partial charge in [-0.2, -0.15) is 0 Å². The second-order valence-electron chi connectivity index (χ2n) is 3.43. The molecule has 78 valence electrons. The smallest absolute Gasteiger partial charge is 0.219 e. The normalized spacial score (nSPS) is 10.7. The van der Waals surface area contributed by atoms with Crippen molar-refractivity contribution in [3.8, 4) is 0 Å². The molecule has 0 aliphatic heterocycles. The van der Waals surface area contributed by atoms with Crippen LogP contribution in [-0.4, -0.2) is 10.5 Å². The Labute approximate surface area is 96.0 Å². The molecular formula is C11H11BrN2O. The molecule has 3 nitrogen and oxygen atoms in total. The number of benzene rings is 1. The van der Waals surface area contributed by atoms with Crippen LogP contribution >= 0.6 is 15.9 Å². The lowest BCUT2D eigenvalue weighted by molar-refractivity contribution is -0.118. The molecule has 1 aromatic carbocycles. The van der Waals surface area contributed by atoms with Gasteiger partial charge in [-0.3, -0.25) is 4.79 Å². The van der Waals surface area contributed by atoms with Crippen LogP contribution in [-0.2, 0) is 11.3 Å². The Morgan fingerprint density at radius 3 is 2.93 bits per heavy atom. The summed E-state index contributed by atoms with van der Waals surface area (Å²) in [6.07, 6.45) is 2.34. The molecular weight excluding hydrogens is 256 g/mol. The molecule has 2 aromatic rings. The van der Waals surface area contributed by atoms with Gasteiger partial charge in [0.25, 0.3) is 0 Å². The van der Waals surface area contributed by atoms with Crippen molar-refractivity contribution in [2.75, 3.05) is 0 Å². The second kappa shape index (κ2) is 4.06. The average molecular weight is 267 g/mol. The fourth-order valence-electron chi connectivity index (χ4n) is 1.58. The van der Waals surface area contributed by atoms with Crippen LogP contribution in [0.5, 0.6) is 0 Å². The largest absolute Gasteiger partial charge is 0.370 e. The average Bonchev–Trinajstić information content (AvgIpc) is 2.57. The van der Waals surface area contributed by atoms with Crippen molar-refractivity contribution in [3.63, 3.8) is 0 Å². The van der Waals surface area contributed by atoms with E-state index in [4.69, 9.17) is 5.73 Å². The molecule has 0 saturated carbocycles. The van der Waals surface area contributed by atoms with Gasteiger partial charge in [-0.25, -0.2) is 0 Å². The molecule has 1 aromatic heterocycles. The van der Waals surface area contributed by atoms with Gasteiger partial charge in [-0.05, 0) is 23.6 Å². The number of nitrogens with two attached hydrogens (primary N) is 1. The third-order valence-corrected chi connectivity index (χ3v) is 2.83. The number of nitrogens with zero attached hydrogens (tertiary/aromatic N) is 1. The van der Waals surface area contributed by atoms with Gasteiger partial charge in [0, 0.05) is 29.2 Å². The number of amides is 1. The van der Waals surface area contributed by atoms with E-state index in [9.17, 15) is 4.79 Å². The van der Waals surface area contributed by atoms with Gasteiger partial charge in [0.05, 0.1) is 0 Å². The SMILES string of the molecule is NC(=O)CCn1ccc2ccc(Br)cc21. The molecule has 1 heterocycles. The van der Waals surface area contributed by atoms with E-state index in [1.807, 2.05) is 35.0 Å². The van der Waals surface area contributed by atoms with Crippen LogP contribution in [0.1, 0.15) is 6.42 Å². The summed E-state index contributed by atoms with van der Waals surface area (Å²) in [5.74, 6) is -0.271. The Balaban J connectivity index is 2.35. The molecule has 4 heteroatoms. The highest BCUT2D eigenvalue weighted by Gasteiger charge is 2.02. The molecule has 0 unspecified atom stereocenters. The molecule has 0 atom stereocenters. The fourth-order valence-corrected chi connectivity index (χ4v) is 1.93. The van der Waals surface area contributed by atoms with Gasteiger partial charge in [-0.15, -0.1) is 0 Å². The van der Waals surface area contributed by atoms with Gasteiger partial charge in [-0.1, -0.05) is 22.0 Å². The maximum atomic E-state index is 10.7. The minimum Gasteiger partial charge on any atom is -0.370 e. The summed E-state index contributed by atoms with van der Waals surface area (Å²) in [4.78, 5) is 10.7. The van der Waals surface area contributed by atoms with Crippen LogP contribution < -0.4 is 5.73 Å². The summed E-state index contributed by atoms with van der Waals surface area (Å²) in [5.41, 5.74) is 6.24. The minimum atomic E-state index is -0.271. The molecule has 0 aliphatic carbocycles. The van der Waals surface area contributed by atoms with Crippen LogP contribution in [0.3, 0.4) is 0 Å². The molecule has 0 spiro atoms. The highest BCUT2D eigenvalue weighted by Crippen LogP contribution is 2.20. The lowest BCUT2D eigenvalue weighted by Gasteiger charge is -2.03. The number of aromatic nitrogens is 1. The lowest BCUT2D eigenvalue weighted by Crippen LogP contribution is -2.13. The Morgan fingerprint density at radius 1 is 1.40 bits per heavy atom. The molecule has 1 amide bonds. The first-order chi connectivity index (χ1) is 7.16. The number of aryl methyl sites for hydroxylation is 1. The van der Waals surface area contributed by atoms with E-state index in [1.54, 1.807) is 0 Å². The van der Waals surface area contributed by atoms with E-state index < -0.39 is 0 Å². The van der Waals surface area contributed by atoms with Crippen LogP contribution in [0, 0.1) is 0 Å². The Hall–Kier alpha value is -1.29. The number of primary amides is 1. The summed E-state index contributed by atoms with van der Waals surface area (Å²) in [6, 6.07) is 8.11. The fraction of sp³-hybridized carbons (Fsp3) is 0.182. The first-order valence-corrected chi connectivity index (χ1v) is 5.49. The third kappa shape index (κ3) is 2.21. The zero-order valence-corrected chi connectivity index (χ0v) is 9.70. The first-order valence-electron chi connectivity index (χ1n) is 4.69. The van der Waals surface area contributed by atoms with E-state index in [1.165, 1.54) is 5.39 Å². The summed E-state index contributed by atoms with van der Waals surface area (Å²) < 4.78 is 3.07. The van der Waals surface area contributed by atoms with Gasteiger partial charge < -0.3 is 10.3 Å². The van der Waals surface area contributed by atoms with Crippen molar-refractivity contribution >= 4 is 32.7 Å². The first kappa shape index (κ1) is 10.2. The molecule has 0 fully saturated rings. The van der Waals surface area contributed by atoms with Crippen molar-refractivity contribution in [2.45, 2.75) is 13.0 Å². The monoisotopic (exact) mass is 266 g/mol. The summed E-state index contributed by atoms with van der Waals surface area (Å²) in [5, 5.41) is 1.17. The van der Waals surface area contributed by atoms with Crippen molar-refractivity contribution in [2.24, 2.45) is 5.73 Å². The summed E-state index contributed by atoms with van der Waals surface area (Å²) >= 11 is 3.43. The zero-order valence-electron chi connectivity index (χ0n) is 8.11. The van der Waals surface area contributed by atoms with Crippen molar-refractivity contribution < 1.29 is 4.79 Å². The molecule has 0 aliphatic rings. The standard InChI is InChI=1S/C11H11BrN2O/c12-9-2-1-8-3-5-14(10(8)7-9)6-4-11(13)15/h1-3,5,7H,4,6H2,(H2,13,15). The van der Waals surface area contributed by atoms with Crippen LogP contribution in [0.25, 0.3) is 10.9 Å². The van der Waals surface area contributed by atoms with Crippen molar-refractivity contribution in [1.82, 2.24) is 4.57 Å². The van der Waals surface area contributed by atoms with E-state index >= 15 is 0 Å². The predicted molar refractivity (Wildman–Crippen MR) is 63.4 cm³/mol. The topological polar surface area (TPSA) is 48.0 Å². The summed E-state index contributed by atoms with van der Waals surface area (Å²) in [7, 11) is 0.